The summed E-state index contributed by atoms with van der Waals surface area (Å²) < 4.78 is 27.9. The van der Waals surface area contributed by atoms with Gasteiger partial charge in [0.2, 0.25) is 10.0 Å². The van der Waals surface area contributed by atoms with Gasteiger partial charge in [-0.3, -0.25) is 4.72 Å². The van der Waals surface area contributed by atoms with E-state index in [2.05, 4.69) is 26.0 Å². The maximum Gasteiger partial charge on any atom is 0.233 e. The third-order valence-corrected chi connectivity index (χ3v) is 5.24. The summed E-state index contributed by atoms with van der Waals surface area (Å²) >= 11 is 3.37. The highest BCUT2D eigenvalue weighted by Crippen LogP contribution is 2.22. The van der Waals surface area contributed by atoms with E-state index in [0.29, 0.717) is 5.69 Å². The van der Waals surface area contributed by atoms with Crippen LogP contribution in [0.5, 0.6) is 0 Å². The Balaban J connectivity index is 2.03. The number of hydrogen-bond donors (Lipinski definition) is 2. The summed E-state index contributed by atoms with van der Waals surface area (Å²) in [5.74, 6) is 0.400. The smallest absolute Gasteiger partial charge is 0.233 e. The number of aryl methyl sites for hydroxylation is 1. The largest absolute Gasteiger partial charge is 0.316 e. The second kappa shape index (κ2) is 6.24. The summed E-state index contributed by atoms with van der Waals surface area (Å²) in [6, 6.07) is 5.53. The number of piperidine rings is 1. The van der Waals surface area contributed by atoms with Crippen LogP contribution < -0.4 is 10.0 Å². The molecule has 1 unspecified atom stereocenters. The predicted molar refractivity (Wildman–Crippen MR) is 81.9 cm³/mol. The van der Waals surface area contributed by atoms with Crippen molar-refractivity contribution in [2.75, 3.05) is 23.6 Å². The first-order valence-corrected chi connectivity index (χ1v) is 8.88. The molecule has 0 aromatic heterocycles. The quantitative estimate of drug-likeness (QED) is 0.880. The van der Waals surface area contributed by atoms with Crippen LogP contribution in [0, 0.1) is 12.8 Å². The van der Waals surface area contributed by atoms with Gasteiger partial charge in [0.25, 0.3) is 0 Å². The van der Waals surface area contributed by atoms with Gasteiger partial charge in [-0.1, -0.05) is 15.9 Å². The molecule has 0 spiro atoms. The molecule has 4 nitrogen and oxygen atoms in total. The summed E-state index contributed by atoms with van der Waals surface area (Å²) in [6.45, 7) is 3.68. The van der Waals surface area contributed by atoms with E-state index in [9.17, 15) is 8.42 Å². The molecule has 1 heterocycles. The summed E-state index contributed by atoms with van der Waals surface area (Å²) in [5, 5.41) is 3.24. The Kier molecular flexibility index (Phi) is 4.86. The van der Waals surface area contributed by atoms with E-state index in [1.165, 1.54) is 0 Å². The molecule has 1 fully saturated rings. The molecule has 0 amide bonds. The van der Waals surface area contributed by atoms with Crippen molar-refractivity contribution in [1.29, 1.82) is 0 Å². The minimum atomic E-state index is -3.27. The molecule has 1 aromatic rings. The first kappa shape index (κ1) is 14.8. The van der Waals surface area contributed by atoms with Crippen LogP contribution >= 0.6 is 15.9 Å². The number of rotatable bonds is 4. The Morgan fingerprint density at radius 1 is 1.47 bits per heavy atom. The van der Waals surface area contributed by atoms with Crippen LogP contribution in [-0.2, 0) is 10.0 Å². The molecule has 2 N–H and O–H groups in total. The number of hydrogen-bond acceptors (Lipinski definition) is 3. The van der Waals surface area contributed by atoms with E-state index in [1.807, 2.05) is 19.1 Å². The number of benzene rings is 1. The van der Waals surface area contributed by atoms with Gasteiger partial charge in [-0.15, -0.1) is 0 Å². The van der Waals surface area contributed by atoms with Crippen molar-refractivity contribution in [3.05, 3.63) is 28.2 Å². The molecule has 1 aromatic carbocycles. The first-order chi connectivity index (χ1) is 8.96. The van der Waals surface area contributed by atoms with Crippen molar-refractivity contribution in [2.24, 2.45) is 5.92 Å². The van der Waals surface area contributed by atoms with Gasteiger partial charge >= 0.3 is 0 Å². The van der Waals surface area contributed by atoms with E-state index < -0.39 is 10.0 Å². The fourth-order valence-electron chi connectivity index (χ4n) is 2.33. The van der Waals surface area contributed by atoms with Crippen LogP contribution in [0.2, 0.25) is 0 Å². The molecule has 1 aliphatic heterocycles. The summed E-state index contributed by atoms with van der Waals surface area (Å²) in [6.07, 6.45) is 2.03. The third kappa shape index (κ3) is 4.47. The third-order valence-electron chi connectivity index (χ3n) is 3.31. The average Bonchev–Trinajstić information content (AvgIpc) is 2.33. The van der Waals surface area contributed by atoms with Crippen LogP contribution in [0.25, 0.3) is 0 Å². The normalized spacial score (nSPS) is 20.2. The standard InChI is InChI=1S/C13H19BrN2O2S/c1-10-7-12(14)4-5-13(10)16-19(17,18)9-11-3-2-6-15-8-11/h4-5,7,11,15-16H,2-3,6,8-9H2,1H3. The van der Waals surface area contributed by atoms with Crippen LogP contribution in [0.15, 0.2) is 22.7 Å². The van der Waals surface area contributed by atoms with Crippen molar-refractivity contribution in [2.45, 2.75) is 19.8 Å². The topological polar surface area (TPSA) is 58.2 Å². The minimum Gasteiger partial charge on any atom is -0.316 e. The molecule has 0 aliphatic carbocycles. The van der Waals surface area contributed by atoms with Crippen LogP contribution in [0.1, 0.15) is 18.4 Å². The Morgan fingerprint density at radius 2 is 2.26 bits per heavy atom. The summed E-state index contributed by atoms with van der Waals surface area (Å²) in [7, 11) is -3.27. The van der Waals surface area contributed by atoms with E-state index >= 15 is 0 Å². The molecular weight excluding hydrogens is 328 g/mol. The molecule has 106 valence electrons. The van der Waals surface area contributed by atoms with E-state index in [-0.39, 0.29) is 11.7 Å². The fraction of sp³-hybridized carbons (Fsp3) is 0.538. The average molecular weight is 347 g/mol. The first-order valence-electron chi connectivity index (χ1n) is 6.44. The molecule has 1 atom stereocenters. The lowest BCUT2D eigenvalue weighted by atomic mass is 10.0. The molecular formula is C13H19BrN2O2S. The molecule has 1 saturated heterocycles. The second-order valence-corrected chi connectivity index (χ2v) is 7.74. The molecule has 0 radical (unpaired) electrons. The Bertz CT molecular complexity index is 540. The number of nitrogens with one attached hydrogen (secondary N) is 2. The van der Waals surface area contributed by atoms with Gasteiger partial charge in [-0.25, -0.2) is 8.42 Å². The maximum atomic E-state index is 12.2. The lowest BCUT2D eigenvalue weighted by Gasteiger charge is -2.23. The Morgan fingerprint density at radius 3 is 2.89 bits per heavy atom. The van der Waals surface area contributed by atoms with Crippen molar-refractivity contribution in [3.8, 4) is 0 Å². The van der Waals surface area contributed by atoms with Crippen molar-refractivity contribution >= 4 is 31.6 Å². The van der Waals surface area contributed by atoms with Gasteiger partial charge in [-0.05, 0) is 62.5 Å². The van der Waals surface area contributed by atoms with Gasteiger partial charge in [0.1, 0.15) is 0 Å². The van der Waals surface area contributed by atoms with Crippen LogP contribution in [0.3, 0.4) is 0 Å². The summed E-state index contributed by atoms with van der Waals surface area (Å²) in [5.41, 5.74) is 1.58. The van der Waals surface area contributed by atoms with Crippen molar-refractivity contribution < 1.29 is 8.42 Å². The van der Waals surface area contributed by atoms with Gasteiger partial charge in [-0.2, -0.15) is 0 Å². The Labute approximate surface area is 123 Å². The fourth-order valence-corrected chi connectivity index (χ4v) is 4.36. The van der Waals surface area contributed by atoms with E-state index in [0.717, 1.165) is 36.0 Å². The van der Waals surface area contributed by atoms with E-state index in [1.54, 1.807) is 6.07 Å². The maximum absolute atomic E-state index is 12.2. The predicted octanol–water partition coefficient (Wildman–Crippen LogP) is 2.50. The monoisotopic (exact) mass is 346 g/mol. The van der Waals surface area contributed by atoms with Gasteiger partial charge in [0, 0.05) is 4.47 Å². The Hall–Kier alpha value is -0.590. The number of halogens is 1. The molecule has 19 heavy (non-hydrogen) atoms. The van der Waals surface area contributed by atoms with Gasteiger partial charge in [0.05, 0.1) is 11.4 Å². The molecule has 2 rings (SSSR count). The zero-order valence-electron chi connectivity index (χ0n) is 10.9. The number of sulfonamides is 1. The van der Waals surface area contributed by atoms with Crippen LogP contribution in [-0.4, -0.2) is 27.3 Å². The van der Waals surface area contributed by atoms with Crippen molar-refractivity contribution in [1.82, 2.24) is 5.32 Å². The molecule has 0 saturated carbocycles. The zero-order valence-corrected chi connectivity index (χ0v) is 13.4. The highest BCUT2D eigenvalue weighted by molar-refractivity contribution is 9.10. The minimum absolute atomic E-state index is 0.190. The van der Waals surface area contributed by atoms with Gasteiger partial charge in [0.15, 0.2) is 0 Å². The lowest BCUT2D eigenvalue weighted by Crippen LogP contribution is -2.35. The highest BCUT2D eigenvalue weighted by Gasteiger charge is 2.21. The highest BCUT2D eigenvalue weighted by atomic mass is 79.9. The lowest BCUT2D eigenvalue weighted by molar-refractivity contribution is 0.404. The molecule has 0 bridgehead atoms. The van der Waals surface area contributed by atoms with Crippen LogP contribution in [0.4, 0.5) is 5.69 Å². The molecule has 6 heteroatoms. The molecule has 1 aliphatic rings. The second-order valence-electron chi connectivity index (χ2n) is 5.06. The van der Waals surface area contributed by atoms with E-state index in [4.69, 9.17) is 0 Å². The zero-order chi connectivity index (χ0) is 13.9. The number of anilines is 1. The van der Waals surface area contributed by atoms with Gasteiger partial charge < -0.3 is 5.32 Å². The van der Waals surface area contributed by atoms with Crippen molar-refractivity contribution in [3.63, 3.8) is 0 Å². The summed E-state index contributed by atoms with van der Waals surface area (Å²) in [4.78, 5) is 0. The SMILES string of the molecule is Cc1cc(Br)ccc1NS(=O)(=O)CC1CCCNC1.